The lowest BCUT2D eigenvalue weighted by molar-refractivity contribution is 0.0979. The Morgan fingerprint density at radius 2 is 1.39 bits per heavy atom. The van der Waals surface area contributed by atoms with Gasteiger partial charge in [-0.2, -0.15) is 9.78 Å². The molecule has 0 unspecified atom stereocenters. The summed E-state index contributed by atoms with van der Waals surface area (Å²) in [5, 5.41) is 5.48. The van der Waals surface area contributed by atoms with E-state index in [-0.39, 0.29) is 17.2 Å². The number of fused-ring (bicyclic) bond motifs is 1. The third kappa shape index (κ3) is 4.02. The molecule has 5 aromatic rings. The van der Waals surface area contributed by atoms with Gasteiger partial charge in [-0.3, -0.25) is 14.5 Å². The minimum Gasteiger partial charge on any atom is -0.287 e. The van der Waals surface area contributed by atoms with E-state index in [1.807, 2.05) is 54.6 Å². The van der Waals surface area contributed by atoms with E-state index in [0.717, 1.165) is 5.56 Å². The summed E-state index contributed by atoms with van der Waals surface area (Å²) >= 11 is 0. The normalized spacial score (nSPS) is 10.8. The van der Waals surface area contributed by atoms with Crippen molar-refractivity contribution in [3.8, 4) is 5.69 Å². The third-order valence-electron chi connectivity index (χ3n) is 5.36. The summed E-state index contributed by atoms with van der Waals surface area (Å²) in [6.07, 6.45) is 1.65. The molecule has 0 aliphatic heterocycles. The molecule has 0 fully saturated rings. The summed E-state index contributed by atoms with van der Waals surface area (Å²) in [6, 6.07) is 31.3. The lowest BCUT2D eigenvalue weighted by Gasteiger charge is -2.22. The molecule has 160 valence electrons. The van der Waals surface area contributed by atoms with Crippen molar-refractivity contribution in [1.29, 1.82) is 0 Å². The van der Waals surface area contributed by atoms with Crippen molar-refractivity contribution >= 4 is 22.5 Å². The quantitative estimate of drug-likeness (QED) is 0.406. The number of pyridine rings is 1. The fourth-order valence-electron chi connectivity index (χ4n) is 3.76. The number of hydrogen-bond donors (Lipinski definition) is 0. The van der Waals surface area contributed by atoms with Gasteiger partial charge in [0.2, 0.25) is 0 Å². The lowest BCUT2D eigenvalue weighted by atomic mass is 10.1. The minimum absolute atomic E-state index is 0.190. The van der Waals surface area contributed by atoms with Gasteiger partial charge in [0.1, 0.15) is 5.82 Å². The van der Waals surface area contributed by atoms with Crippen LogP contribution in [0.25, 0.3) is 16.5 Å². The zero-order valence-corrected chi connectivity index (χ0v) is 17.7. The van der Waals surface area contributed by atoms with Gasteiger partial charge in [-0.1, -0.05) is 72.8 Å². The van der Waals surface area contributed by atoms with Crippen LogP contribution in [0, 0.1) is 0 Å². The monoisotopic (exact) mass is 432 g/mol. The van der Waals surface area contributed by atoms with Crippen LogP contribution in [0.2, 0.25) is 0 Å². The van der Waals surface area contributed by atoms with Crippen LogP contribution < -0.4 is 10.5 Å². The van der Waals surface area contributed by atoms with Gasteiger partial charge in [0.25, 0.3) is 11.5 Å². The molecule has 0 aliphatic rings. The molecule has 0 bridgehead atoms. The number of nitrogens with zero attached hydrogens (tertiary/aromatic N) is 4. The number of anilines is 1. The number of rotatable bonds is 5. The fourth-order valence-corrected chi connectivity index (χ4v) is 3.76. The summed E-state index contributed by atoms with van der Waals surface area (Å²) in [7, 11) is 0. The minimum atomic E-state index is -0.335. The maximum Gasteiger partial charge on any atom is 0.280 e. The number of para-hydroxylation sites is 1. The fraction of sp³-hybridized carbons (Fsp3) is 0.0370. The highest BCUT2D eigenvalue weighted by Gasteiger charge is 2.25. The van der Waals surface area contributed by atoms with Gasteiger partial charge in [-0.05, 0) is 35.9 Å². The molecular formula is C27H20N4O2. The van der Waals surface area contributed by atoms with Crippen LogP contribution in [0.5, 0.6) is 0 Å². The van der Waals surface area contributed by atoms with E-state index >= 15 is 0 Å². The molecule has 0 spiro atoms. The van der Waals surface area contributed by atoms with E-state index < -0.39 is 0 Å². The highest BCUT2D eigenvalue weighted by atomic mass is 16.2. The first-order valence-electron chi connectivity index (χ1n) is 10.6. The van der Waals surface area contributed by atoms with Crippen LogP contribution >= 0.6 is 0 Å². The van der Waals surface area contributed by atoms with E-state index in [1.54, 1.807) is 59.6 Å². The first kappa shape index (κ1) is 20.3. The molecule has 2 aromatic heterocycles. The van der Waals surface area contributed by atoms with Crippen molar-refractivity contribution in [2.45, 2.75) is 6.54 Å². The standard InChI is InChI=1S/C27H20N4O2/c32-26-23-16-8-7-15-22(23)25(29-31(26)21-13-5-2-6-14-21)27(33)30(24-17-9-10-18-28-24)19-20-11-3-1-4-12-20/h1-18H,19H2. The number of carbonyl (C=O) groups is 1. The molecule has 0 aliphatic carbocycles. The second-order valence-electron chi connectivity index (χ2n) is 7.51. The zero-order valence-electron chi connectivity index (χ0n) is 17.7. The largest absolute Gasteiger partial charge is 0.287 e. The highest BCUT2D eigenvalue weighted by Crippen LogP contribution is 2.21. The Labute approximate surface area is 190 Å². The van der Waals surface area contributed by atoms with Gasteiger partial charge in [0, 0.05) is 11.6 Å². The van der Waals surface area contributed by atoms with Crippen LogP contribution in [-0.2, 0) is 6.54 Å². The molecule has 0 atom stereocenters. The van der Waals surface area contributed by atoms with Gasteiger partial charge in [0.15, 0.2) is 5.69 Å². The van der Waals surface area contributed by atoms with Crippen LogP contribution in [0.3, 0.4) is 0 Å². The molecule has 6 heteroatoms. The average molecular weight is 432 g/mol. The predicted molar refractivity (Wildman–Crippen MR) is 129 cm³/mol. The van der Waals surface area contributed by atoms with Gasteiger partial charge in [-0.15, -0.1) is 0 Å². The van der Waals surface area contributed by atoms with Gasteiger partial charge < -0.3 is 0 Å². The molecule has 0 N–H and O–H groups in total. The molecule has 6 nitrogen and oxygen atoms in total. The van der Waals surface area contributed by atoms with E-state index in [0.29, 0.717) is 28.8 Å². The number of hydrogen-bond acceptors (Lipinski definition) is 4. The topological polar surface area (TPSA) is 68.1 Å². The molecule has 5 rings (SSSR count). The summed E-state index contributed by atoms with van der Waals surface area (Å²) in [4.78, 5) is 33.2. The maximum atomic E-state index is 14.0. The molecule has 0 radical (unpaired) electrons. The summed E-state index contributed by atoms with van der Waals surface area (Å²) in [6.45, 7) is 0.317. The number of carbonyl (C=O) groups excluding carboxylic acids is 1. The number of aromatic nitrogens is 3. The Bertz CT molecular complexity index is 1470. The van der Waals surface area contributed by atoms with Crippen molar-refractivity contribution in [3.63, 3.8) is 0 Å². The third-order valence-corrected chi connectivity index (χ3v) is 5.36. The van der Waals surface area contributed by atoms with Gasteiger partial charge in [0.05, 0.1) is 17.6 Å². The van der Waals surface area contributed by atoms with Crippen molar-refractivity contribution in [3.05, 3.63) is 131 Å². The Hall–Kier alpha value is -4.58. The van der Waals surface area contributed by atoms with Crippen LogP contribution in [-0.4, -0.2) is 20.7 Å². The Morgan fingerprint density at radius 3 is 2.09 bits per heavy atom. The second kappa shape index (κ2) is 8.88. The van der Waals surface area contributed by atoms with Crippen LogP contribution in [0.4, 0.5) is 5.82 Å². The Morgan fingerprint density at radius 1 is 0.758 bits per heavy atom. The highest BCUT2D eigenvalue weighted by molar-refractivity contribution is 6.12. The smallest absolute Gasteiger partial charge is 0.280 e. The first-order valence-corrected chi connectivity index (χ1v) is 10.6. The molecule has 2 heterocycles. The van der Waals surface area contributed by atoms with Crippen molar-refractivity contribution < 1.29 is 4.79 Å². The van der Waals surface area contributed by atoms with Crippen LogP contribution in [0.15, 0.2) is 114 Å². The maximum absolute atomic E-state index is 14.0. The molecule has 0 saturated heterocycles. The summed E-state index contributed by atoms with van der Waals surface area (Å²) < 4.78 is 1.29. The predicted octanol–water partition coefficient (Wildman–Crippen LogP) is 4.63. The molecule has 1 amide bonds. The SMILES string of the molecule is O=C(c1nn(-c2ccccc2)c(=O)c2ccccc12)N(Cc1ccccc1)c1ccccn1. The molecule has 3 aromatic carbocycles. The molecule has 0 saturated carbocycles. The van der Waals surface area contributed by atoms with E-state index in [1.165, 1.54) is 4.68 Å². The lowest BCUT2D eigenvalue weighted by Crippen LogP contribution is -2.34. The van der Waals surface area contributed by atoms with Crippen molar-refractivity contribution in [2.24, 2.45) is 0 Å². The molecular weight excluding hydrogens is 412 g/mol. The molecule has 33 heavy (non-hydrogen) atoms. The van der Waals surface area contributed by atoms with E-state index in [2.05, 4.69) is 10.1 Å². The first-order chi connectivity index (χ1) is 16.2. The van der Waals surface area contributed by atoms with E-state index in [4.69, 9.17) is 0 Å². The average Bonchev–Trinajstić information content (AvgIpc) is 2.89. The van der Waals surface area contributed by atoms with Gasteiger partial charge in [-0.25, -0.2) is 4.98 Å². The second-order valence-corrected chi connectivity index (χ2v) is 7.51. The van der Waals surface area contributed by atoms with E-state index in [9.17, 15) is 9.59 Å². The summed E-state index contributed by atoms with van der Waals surface area (Å²) in [5.41, 5.74) is 1.46. The number of amides is 1. The van der Waals surface area contributed by atoms with Crippen LogP contribution in [0.1, 0.15) is 16.1 Å². The summed E-state index contributed by atoms with van der Waals surface area (Å²) in [5.74, 6) is 0.174. The van der Waals surface area contributed by atoms with Crippen molar-refractivity contribution in [1.82, 2.24) is 14.8 Å². The Kier molecular flexibility index (Phi) is 5.47. The zero-order chi connectivity index (χ0) is 22.6. The number of benzene rings is 3. The Balaban J connectivity index is 1.70. The van der Waals surface area contributed by atoms with Gasteiger partial charge >= 0.3 is 0 Å². The van der Waals surface area contributed by atoms with Crippen molar-refractivity contribution in [2.75, 3.05) is 4.90 Å².